The molecule has 0 aliphatic rings. The molecule has 3 nitrogen and oxygen atoms in total. The molecule has 80 valence electrons. The van der Waals surface area contributed by atoms with Crippen LogP contribution in [0.3, 0.4) is 0 Å². The molecule has 0 aliphatic carbocycles. The third-order valence-corrected chi connectivity index (χ3v) is 1.87. The van der Waals surface area contributed by atoms with E-state index in [1.165, 1.54) is 12.5 Å². The van der Waals surface area contributed by atoms with E-state index in [-0.39, 0.29) is 5.92 Å². The third-order valence-electron chi connectivity index (χ3n) is 1.87. The molecule has 0 amide bonds. The van der Waals surface area contributed by atoms with Crippen molar-refractivity contribution in [3.63, 3.8) is 0 Å². The Bertz CT molecular complexity index is 292. The van der Waals surface area contributed by atoms with E-state index >= 15 is 0 Å². The minimum atomic E-state index is -4.20. The third kappa shape index (κ3) is 3.02. The standard InChI is InChI=1S/C8H12F3N3/c1-6(2-12)7-3-14(5-13-7)4-8(9,10)11/h3,5-6H,2,4,12H2,1H3. The zero-order chi connectivity index (χ0) is 10.8. The van der Waals surface area contributed by atoms with Gasteiger partial charge < -0.3 is 10.3 Å². The van der Waals surface area contributed by atoms with Gasteiger partial charge in [-0.15, -0.1) is 0 Å². The predicted octanol–water partition coefficient (Wildman–Crippen LogP) is 1.51. The second kappa shape index (κ2) is 4.00. The van der Waals surface area contributed by atoms with Gasteiger partial charge in [-0.3, -0.25) is 0 Å². The van der Waals surface area contributed by atoms with Crippen LogP contribution in [-0.4, -0.2) is 22.3 Å². The zero-order valence-corrected chi connectivity index (χ0v) is 7.75. The molecule has 2 N–H and O–H groups in total. The molecule has 1 aromatic rings. The second-order valence-corrected chi connectivity index (χ2v) is 3.22. The molecule has 0 aromatic carbocycles. The smallest absolute Gasteiger partial charge is 0.330 e. The number of hydrogen-bond donors (Lipinski definition) is 1. The van der Waals surface area contributed by atoms with Crippen LogP contribution in [0.15, 0.2) is 12.5 Å². The second-order valence-electron chi connectivity index (χ2n) is 3.22. The molecular formula is C8H12F3N3. The number of nitrogens with zero attached hydrogens (tertiary/aromatic N) is 2. The highest BCUT2D eigenvalue weighted by Crippen LogP contribution is 2.18. The number of halogens is 3. The van der Waals surface area contributed by atoms with Crippen LogP contribution in [0, 0.1) is 0 Å². The van der Waals surface area contributed by atoms with Crippen LogP contribution >= 0.6 is 0 Å². The minimum Gasteiger partial charge on any atom is -0.330 e. The Morgan fingerprint density at radius 2 is 2.21 bits per heavy atom. The van der Waals surface area contributed by atoms with Crippen LogP contribution in [-0.2, 0) is 6.54 Å². The molecule has 0 bridgehead atoms. The number of imidazole rings is 1. The van der Waals surface area contributed by atoms with Crippen molar-refractivity contribution in [2.24, 2.45) is 5.73 Å². The van der Waals surface area contributed by atoms with E-state index in [2.05, 4.69) is 4.98 Å². The number of nitrogens with two attached hydrogens (primary N) is 1. The van der Waals surface area contributed by atoms with Crippen molar-refractivity contribution in [2.75, 3.05) is 6.54 Å². The highest BCUT2D eigenvalue weighted by atomic mass is 19.4. The predicted molar refractivity (Wildman–Crippen MR) is 45.8 cm³/mol. The van der Waals surface area contributed by atoms with Crippen LogP contribution in [0.5, 0.6) is 0 Å². The van der Waals surface area contributed by atoms with E-state index in [9.17, 15) is 13.2 Å². The lowest BCUT2D eigenvalue weighted by Crippen LogP contribution is -2.16. The van der Waals surface area contributed by atoms with Crippen molar-refractivity contribution >= 4 is 0 Å². The first kappa shape index (κ1) is 11.0. The van der Waals surface area contributed by atoms with E-state index in [4.69, 9.17) is 5.73 Å². The summed E-state index contributed by atoms with van der Waals surface area (Å²) in [5.41, 5.74) is 5.96. The Labute approximate surface area is 79.7 Å². The van der Waals surface area contributed by atoms with Crippen molar-refractivity contribution in [3.05, 3.63) is 18.2 Å². The molecule has 0 saturated carbocycles. The van der Waals surface area contributed by atoms with Crippen molar-refractivity contribution in [3.8, 4) is 0 Å². The lowest BCUT2D eigenvalue weighted by atomic mass is 10.1. The van der Waals surface area contributed by atoms with Crippen LogP contribution in [0.1, 0.15) is 18.5 Å². The lowest BCUT2D eigenvalue weighted by Gasteiger charge is -2.06. The molecule has 6 heteroatoms. The fraction of sp³-hybridized carbons (Fsp3) is 0.625. The summed E-state index contributed by atoms with van der Waals surface area (Å²) in [7, 11) is 0. The number of alkyl halides is 3. The quantitative estimate of drug-likeness (QED) is 0.816. The summed E-state index contributed by atoms with van der Waals surface area (Å²) < 4.78 is 36.9. The molecule has 14 heavy (non-hydrogen) atoms. The fourth-order valence-electron chi connectivity index (χ4n) is 1.05. The van der Waals surface area contributed by atoms with Gasteiger partial charge >= 0.3 is 6.18 Å². The summed E-state index contributed by atoms with van der Waals surface area (Å²) in [6.07, 6.45) is -1.65. The summed E-state index contributed by atoms with van der Waals surface area (Å²) >= 11 is 0. The van der Waals surface area contributed by atoms with E-state index in [1.54, 1.807) is 0 Å². The number of hydrogen-bond acceptors (Lipinski definition) is 2. The molecule has 1 rings (SSSR count). The van der Waals surface area contributed by atoms with Gasteiger partial charge in [-0.2, -0.15) is 13.2 Å². The van der Waals surface area contributed by atoms with Crippen molar-refractivity contribution in [2.45, 2.75) is 25.6 Å². The molecule has 0 saturated heterocycles. The average Bonchev–Trinajstić information content (AvgIpc) is 2.48. The van der Waals surface area contributed by atoms with Gasteiger partial charge in [0, 0.05) is 18.7 Å². The molecule has 0 aliphatic heterocycles. The van der Waals surface area contributed by atoms with Gasteiger partial charge in [-0.1, -0.05) is 6.92 Å². The summed E-state index contributed by atoms with van der Waals surface area (Å²) in [5, 5.41) is 0. The highest BCUT2D eigenvalue weighted by molar-refractivity contribution is 5.03. The first-order valence-corrected chi connectivity index (χ1v) is 4.21. The number of aromatic nitrogens is 2. The van der Waals surface area contributed by atoms with E-state index in [1.807, 2.05) is 6.92 Å². The van der Waals surface area contributed by atoms with Crippen molar-refractivity contribution in [1.82, 2.24) is 9.55 Å². The van der Waals surface area contributed by atoms with E-state index in [0.717, 1.165) is 4.57 Å². The summed E-state index contributed by atoms with van der Waals surface area (Å²) in [4.78, 5) is 3.85. The Morgan fingerprint density at radius 1 is 1.57 bits per heavy atom. The molecule has 0 spiro atoms. The molecule has 1 atom stereocenters. The van der Waals surface area contributed by atoms with Gasteiger partial charge in [-0.25, -0.2) is 4.98 Å². The maximum absolute atomic E-state index is 12.0. The topological polar surface area (TPSA) is 43.8 Å². The maximum atomic E-state index is 12.0. The maximum Gasteiger partial charge on any atom is 0.406 e. The summed E-state index contributed by atoms with van der Waals surface area (Å²) in [6.45, 7) is 1.20. The SMILES string of the molecule is CC(CN)c1cn(CC(F)(F)F)cn1. The monoisotopic (exact) mass is 207 g/mol. The fourth-order valence-corrected chi connectivity index (χ4v) is 1.05. The van der Waals surface area contributed by atoms with Crippen molar-refractivity contribution in [1.29, 1.82) is 0 Å². The largest absolute Gasteiger partial charge is 0.406 e. The number of rotatable bonds is 3. The Morgan fingerprint density at radius 3 is 2.71 bits per heavy atom. The minimum absolute atomic E-state index is 0.00974. The molecule has 1 heterocycles. The zero-order valence-electron chi connectivity index (χ0n) is 7.75. The van der Waals surface area contributed by atoms with Gasteiger partial charge in [0.25, 0.3) is 0 Å². The Balaban J connectivity index is 2.69. The molecule has 0 radical (unpaired) electrons. The first-order chi connectivity index (χ1) is 6.42. The van der Waals surface area contributed by atoms with Crippen LogP contribution in [0.4, 0.5) is 13.2 Å². The van der Waals surface area contributed by atoms with Gasteiger partial charge in [0.15, 0.2) is 0 Å². The first-order valence-electron chi connectivity index (χ1n) is 4.21. The summed E-state index contributed by atoms with van der Waals surface area (Å²) in [5.74, 6) is -0.00974. The van der Waals surface area contributed by atoms with Gasteiger partial charge in [0.05, 0.1) is 12.0 Å². The average molecular weight is 207 g/mol. The van der Waals surface area contributed by atoms with Gasteiger partial charge in [0.2, 0.25) is 0 Å². The molecule has 1 unspecified atom stereocenters. The van der Waals surface area contributed by atoms with Crippen LogP contribution < -0.4 is 5.73 Å². The summed E-state index contributed by atoms with van der Waals surface area (Å²) in [6, 6.07) is 0. The molecule has 0 fully saturated rings. The van der Waals surface area contributed by atoms with Crippen molar-refractivity contribution < 1.29 is 13.2 Å². The van der Waals surface area contributed by atoms with Gasteiger partial charge in [-0.05, 0) is 0 Å². The van der Waals surface area contributed by atoms with Crippen LogP contribution in [0.25, 0.3) is 0 Å². The molecular weight excluding hydrogens is 195 g/mol. The van der Waals surface area contributed by atoms with Crippen LogP contribution in [0.2, 0.25) is 0 Å². The molecule has 1 aromatic heterocycles. The Hall–Kier alpha value is -1.04. The normalized spacial score (nSPS) is 14.4. The van der Waals surface area contributed by atoms with E-state index < -0.39 is 12.7 Å². The van der Waals surface area contributed by atoms with Gasteiger partial charge in [0.1, 0.15) is 6.54 Å². The lowest BCUT2D eigenvalue weighted by molar-refractivity contribution is -0.140. The van der Waals surface area contributed by atoms with E-state index in [0.29, 0.717) is 12.2 Å². The Kier molecular flexibility index (Phi) is 3.15. The highest BCUT2D eigenvalue weighted by Gasteiger charge is 2.27.